The highest BCUT2D eigenvalue weighted by molar-refractivity contribution is 6.31. The van der Waals surface area contributed by atoms with Crippen molar-refractivity contribution in [2.24, 2.45) is 0 Å². The molecule has 1 atom stereocenters. The Hall–Kier alpha value is -2.32. The first-order chi connectivity index (χ1) is 11.2. The van der Waals surface area contributed by atoms with Gasteiger partial charge < -0.3 is 10.4 Å². The molecule has 0 aromatic heterocycles. The number of nitrogens with one attached hydrogen (secondary N) is 1. The van der Waals surface area contributed by atoms with Crippen LogP contribution in [0.3, 0.4) is 0 Å². The van der Waals surface area contributed by atoms with Gasteiger partial charge in [-0.25, -0.2) is 0 Å². The number of nitrogens with zero attached hydrogens (tertiary/aromatic N) is 1. The zero-order valence-electron chi connectivity index (χ0n) is 12.0. The average Bonchev–Trinajstić information content (AvgIpc) is 2.51. The van der Waals surface area contributed by atoms with E-state index in [1.165, 1.54) is 0 Å². The molecule has 0 aliphatic rings. The molecule has 9 heteroatoms. The van der Waals surface area contributed by atoms with Gasteiger partial charge in [-0.2, -0.15) is 13.2 Å². The molecule has 24 heavy (non-hydrogen) atoms. The minimum absolute atomic E-state index is 0.207. The summed E-state index contributed by atoms with van der Waals surface area (Å²) in [5.41, 5.74) is -1.66. The first-order valence-corrected chi connectivity index (χ1v) is 7.09. The van der Waals surface area contributed by atoms with Crippen molar-refractivity contribution in [3.63, 3.8) is 0 Å². The summed E-state index contributed by atoms with van der Waals surface area (Å²) >= 11 is 5.62. The molecule has 0 fully saturated rings. The number of anilines is 1. The molecule has 0 aliphatic carbocycles. The quantitative estimate of drug-likeness (QED) is 0.611. The fourth-order valence-corrected chi connectivity index (χ4v) is 2.42. The van der Waals surface area contributed by atoms with Gasteiger partial charge in [-0.05, 0) is 11.6 Å². The molecule has 2 N–H and O–H groups in total. The largest absolute Gasteiger partial charge is 0.418 e. The maximum absolute atomic E-state index is 12.9. The molecule has 0 heterocycles. The Kier molecular flexibility index (Phi) is 5.30. The van der Waals surface area contributed by atoms with E-state index in [1.807, 2.05) is 0 Å². The fourth-order valence-electron chi connectivity index (χ4n) is 2.15. The van der Waals surface area contributed by atoms with E-state index < -0.39 is 40.0 Å². The molecular weight excluding hydrogens is 349 g/mol. The Morgan fingerprint density at radius 2 is 1.88 bits per heavy atom. The van der Waals surface area contributed by atoms with Gasteiger partial charge in [0.1, 0.15) is 5.69 Å². The van der Waals surface area contributed by atoms with Crippen LogP contribution in [0, 0.1) is 10.1 Å². The van der Waals surface area contributed by atoms with Gasteiger partial charge in [-0.3, -0.25) is 10.1 Å². The Morgan fingerprint density at radius 3 is 2.38 bits per heavy atom. The number of hydrogen-bond acceptors (Lipinski definition) is 4. The van der Waals surface area contributed by atoms with Crippen LogP contribution in [0.4, 0.5) is 24.5 Å². The molecule has 0 saturated carbocycles. The highest BCUT2D eigenvalue weighted by Crippen LogP contribution is 2.41. The third-order valence-electron chi connectivity index (χ3n) is 3.30. The molecule has 0 bridgehead atoms. The van der Waals surface area contributed by atoms with Crippen LogP contribution in [0.15, 0.2) is 42.5 Å². The lowest BCUT2D eigenvalue weighted by Gasteiger charge is -2.19. The maximum Gasteiger partial charge on any atom is 0.418 e. The minimum atomic E-state index is -4.81. The standard InChI is InChI=1S/C15H12ClF3N2O3/c16-11-7-12(14(21(23)24)6-10(11)15(17,18)19)20-13(8-22)9-4-2-1-3-5-9/h1-7,13,20,22H,8H2. The van der Waals surface area contributed by atoms with Gasteiger partial charge in [0.25, 0.3) is 5.69 Å². The van der Waals surface area contributed by atoms with Crippen molar-refractivity contribution in [3.05, 3.63) is 68.7 Å². The van der Waals surface area contributed by atoms with Crippen molar-refractivity contribution in [1.82, 2.24) is 0 Å². The van der Waals surface area contributed by atoms with Crippen molar-refractivity contribution in [2.75, 3.05) is 11.9 Å². The van der Waals surface area contributed by atoms with Gasteiger partial charge in [0.2, 0.25) is 0 Å². The van der Waals surface area contributed by atoms with Crippen molar-refractivity contribution in [3.8, 4) is 0 Å². The number of rotatable bonds is 5. The molecule has 2 aromatic carbocycles. The number of nitro groups is 1. The third kappa shape index (κ3) is 3.95. The second kappa shape index (κ2) is 7.06. The highest BCUT2D eigenvalue weighted by Gasteiger charge is 2.36. The van der Waals surface area contributed by atoms with E-state index in [2.05, 4.69) is 5.32 Å². The van der Waals surface area contributed by atoms with Gasteiger partial charge in [0.15, 0.2) is 0 Å². The van der Waals surface area contributed by atoms with Crippen LogP contribution in [0.5, 0.6) is 0 Å². The normalized spacial score (nSPS) is 12.7. The van der Waals surface area contributed by atoms with E-state index in [0.717, 1.165) is 6.07 Å². The van der Waals surface area contributed by atoms with Crippen LogP contribution in [-0.2, 0) is 6.18 Å². The molecule has 128 valence electrons. The Labute approximate surface area is 139 Å². The Balaban J connectivity index is 2.46. The molecule has 0 radical (unpaired) electrons. The molecule has 1 unspecified atom stereocenters. The summed E-state index contributed by atoms with van der Waals surface area (Å²) in [6.07, 6.45) is -4.81. The van der Waals surface area contributed by atoms with E-state index in [4.69, 9.17) is 11.6 Å². The van der Waals surface area contributed by atoms with E-state index >= 15 is 0 Å². The third-order valence-corrected chi connectivity index (χ3v) is 3.61. The van der Waals surface area contributed by atoms with Crippen LogP contribution in [0.2, 0.25) is 5.02 Å². The van der Waals surface area contributed by atoms with Crippen LogP contribution in [0.1, 0.15) is 17.2 Å². The zero-order valence-corrected chi connectivity index (χ0v) is 12.8. The van der Waals surface area contributed by atoms with Crippen molar-refractivity contribution >= 4 is 23.0 Å². The predicted octanol–water partition coefficient (Wildman–Crippen LogP) is 4.41. The maximum atomic E-state index is 12.9. The summed E-state index contributed by atoms with van der Waals surface area (Å²) in [6, 6.07) is 8.98. The van der Waals surface area contributed by atoms with Crippen LogP contribution >= 0.6 is 11.6 Å². The van der Waals surface area contributed by atoms with Gasteiger partial charge in [-0.15, -0.1) is 0 Å². The van der Waals surface area contributed by atoms with E-state index in [9.17, 15) is 28.4 Å². The number of benzene rings is 2. The summed E-state index contributed by atoms with van der Waals surface area (Å²) in [5, 5.41) is 22.6. The van der Waals surface area contributed by atoms with Gasteiger partial charge in [0, 0.05) is 6.07 Å². The fraction of sp³-hybridized carbons (Fsp3) is 0.200. The van der Waals surface area contributed by atoms with Crippen LogP contribution in [0.25, 0.3) is 0 Å². The molecule has 0 spiro atoms. The van der Waals surface area contributed by atoms with Crippen molar-refractivity contribution in [2.45, 2.75) is 12.2 Å². The first kappa shape index (κ1) is 18.0. The lowest BCUT2D eigenvalue weighted by atomic mass is 10.1. The molecule has 2 rings (SSSR count). The number of aliphatic hydroxyl groups excluding tert-OH is 1. The number of aliphatic hydroxyl groups is 1. The molecule has 2 aromatic rings. The van der Waals surface area contributed by atoms with Gasteiger partial charge >= 0.3 is 6.18 Å². The molecule has 0 amide bonds. The van der Waals surface area contributed by atoms with Crippen molar-refractivity contribution in [1.29, 1.82) is 0 Å². The molecule has 0 saturated heterocycles. The lowest BCUT2D eigenvalue weighted by Crippen LogP contribution is -2.16. The second-order valence-corrected chi connectivity index (χ2v) is 5.30. The van der Waals surface area contributed by atoms with Crippen molar-refractivity contribution < 1.29 is 23.2 Å². The summed E-state index contributed by atoms with van der Waals surface area (Å²) in [7, 11) is 0. The summed E-state index contributed by atoms with van der Waals surface area (Å²) in [6.45, 7) is -0.417. The second-order valence-electron chi connectivity index (χ2n) is 4.89. The zero-order chi connectivity index (χ0) is 17.9. The van der Waals surface area contributed by atoms with E-state index in [-0.39, 0.29) is 5.69 Å². The highest BCUT2D eigenvalue weighted by atomic mass is 35.5. The van der Waals surface area contributed by atoms with Gasteiger partial charge in [0.05, 0.1) is 28.2 Å². The number of nitro benzene ring substituents is 1. The van der Waals surface area contributed by atoms with E-state index in [0.29, 0.717) is 11.6 Å². The predicted molar refractivity (Wildman–Crippen MR) is 83.0 cm³/mol. The Bertz CT molecular complexity index is 739. The number of halogens is 4. The SMILES string of the molecule is O=[N+]([O-])c1cc(C(F)(F)F)c(Cl)cc1NC(CO)c1ccccc1. The minimum Gasteiger partial charge on any atom is -0.394 e. The Morgan fingerprint density at radius 1 is 1.25 bits per heavy atom. The molecule has 0 aliphatic heterocycles. The average molecular weight is 361 g/mol. The topological polar surface area (TPSA) is 75.4 Å². The monoisotopic (exact) mass is 360 g/mol. The first-order valence-electron chi connectivity index (χ1n) is 6.71. The summed E-state index contributed by atoms with van der Waals surface area (Å²) < 4.78 is 38.6. The van der Waals surface area contributed by atoms with Crippen LogP contribution < -0.4 is 5.32 Å². The molecular formula is C15H12ClF3N2O3. The van der Waals surface area contributed by atoms with Crippen LogP contribution in [-0.4, -0.2) is 16.6 Å². The molecule has 5 nitrogen and oxygen atoms in total. The van der Waals surface area contributed by atoms with Gasteiger partial charge in [-0.1, -0.05) is 41.9 Å². The summed E-state index contributed by atoms with van der Waals surface area (Å²) in [5.74, 6) is 0. The lowest BCUT2D eigenvalue weighted by molar-refractivity contribution is -0.384. The number of hydrogen-bond donors (Lipinski definition) is 2. The summed E-state index contributed by atoms with van der Waals surface area (Å²) in [4.78, 5) is 10.2. The number of alkyl halides is 3. The van der Waals surface area contributed by atoms with E-state index in [1.54, 1.807) is 30.3 Å². The smallest absolute Gasteiger partial charge is 0.394 e.